The van der Waals surface area contributed by atoms with Gasteiger partial charge < -0.3 is 4.74 Å². The second-order valence-electron chi connectivity index (χ2n) is 6.21. The maximum Gasteiger partial charge on any atom is 0.276 e. The Kier molecular flexibility index (Phi) is 6.91. The Morgan fingerprint density at radius 1 is 1.10 bits per heavy atom. The molecular weight excluding hydrogens is 393 g/mol. The lowest BCUT2D eigenvalue weighted by molar-refractivity contribution is -0.129. The van der Waals surface area contributed by atoms with Crippen LogP contribution in [-0.2, 0) is 22.4 Å². The first kappa shape index (κ1) is 20.5. The average molecular weight is 413 g/mol. The molecule has 0 aliphatic rings. The molecule has 0 radical (unpaired) electrons. The molecule has 0 aliphatic heterocycles. The fourth-order valence-corrected chi connectivity index (χ4v) is 3.31. The van der Waals surface area contributed by atoms with Gasteiger partial charge in [-0.05, 0) is 36.2 Å². The first-order chi connectivity index (χ1) is 14.0. The molecule has 0 saturated heterocycles. The first-order valence-electron chi connectivity index (χ1n) is 9.03. The van der Waals surface area contributed by atoms with E-state index >= 15 is 0 Å². The minimum Gasteiger partial charge on any atom is -0.484 e. The van der Waals surface area contributed by atoms with E-state index in [2.05, 4.69) is 22.8 Å². The second-order valence-corrected chi connectivity index (χ2v) is 7.07. The fourth-order valence-electron chi connectivity index (χ4n) is 2.50. The third kappa shape index (κ3) is 6.11. The Bertz CT molecular complexity index is 989. The van der Waals surface area contributed by atoms with E-state index in [0.29, 0.717) is 22.0 Å². The van der Waals surface area contributed by atoms with Gasteiger partial charge in [0.15, 0.2) is 6.61 Å². The van der Waals surface area contributed by atoms with Crippen LogP contribution in [0.5, 0.6) is 5.75 Å². The number of benzene rings is 2. The van der Waals surface area contributed by atoms with Gasteiger partial charge in [0, 0.05) is 10.9 Å². The molecular formula is C21H20FN3O3S. The number of rotatable bonds is 7. The minimum absolute atomic E-state index is 0.00850. The van der Waals surface area contributed by atoms with Crippen molar-refractivity contribution in [3.05, 3.63) is 71.0 Å². The van der Waals surface area contributed by atoms with Crippen molar-refractivity contribution in [1.82, 2.24) is 15.8 Å². The number of hydrogen-bond acceptors (Lipinski definition) is 5. The molecule has 0 fully saturated rings. The van der Waals surface area contributed by atoms with E-state index < -0.39 is 11.8 Å². The highest BCUT2D eigenvalue weighted by Crippen LogP contribution is 2.24. The van der Waals surface area contributed by atoms with Crippen molar-refractivity contribution in [2.45, 2.75) is 19.8 Å². The minimum atomic E-state index is -0.475. The molecule has 150 valence electrons. The number of hydrogen-bond donors (Lipinski definition) is 2. The number of amides is 2. The summed E-state index contributed by atoms with van der Waals surface area (Å²) in [6.45, 7) is 1.84. The zero-order valence-corrected chi connectivity index (χ0v) is 16.6. The van der Waals surface area contributed by atoms with Gasteiger partial charge in [-0.3, -0.25) is 20.4 Å². The molecule has 0 aliphatic carbocycles. The largest absolute Gasteiger partial charge is 0.484 e. The van der Waals surface area contributed by atoms with Crippen molar-refractivity contribution in [3.8, 4) is 16.3 Å². The van der Waals surface area contributed by atoms with Crippen LogP contribution in [-0.4, -0.2) is 23.4 Å². The van der Waals surface area contributed by atoms with Crippen LogP contribution in [0.1, 0.15) is 18.2 Å². The Morgan fingerprint density at radius 2 is 1.86 bits per heavy atom. The SMILES string of the molecule is CCc1ccc(OCC(=O)NNC(=O)Cc2csc(-c3cccc(F)c3)n2)cc1. The van der Waals surface area contributed by atoms with Crippen LogP contribution in [0.15, 0.2) is 53.9 Å². The number of carbonyl (C=O) groups excluding carboxylic acids is 2. The molecule has 0 unspecified atom stereocenters. The van der Waals surface area contributed by atoms with Crippen LogP contribution in [0, 0.1) is 5.82 Å². The summed E-state index contributed by atoms with van der Waals surface area (Å²) in [4.78, 5) is 28.1. The molecule has 3 rings (SSSR count). The van der Waals surface area contributed by atoms with Gasteiger partial charge in [0.05, 0.1) is 12.1 Å². The third-order valence-corrected chi connectivity index (χ3v) is 4.95. The Balaban J connectivity index is 1.43. The monoisotopic (exact) mass is 413 g/mol. The van der Waals surface area contributed by atoms with Crippen LogP contribution in [0.25, 0.3) is 10.6 Å². The lowest BCUT2D eigenvalue weighted by Gasteiger charge is -2.08. The molecule has 8 heteroatoms. The Hall–Kier alpha value is -3.26. The standard InChI is InChI=1S/C21H20FN3O3S/c1-2-14-6-8-18(9-7-14)28-12-20(27)25-24-19(26)11-17-13-29-21(23-17)15-4-3-5-16(22)10-15/h3-10,13H,2,11-12H2,1H3,(H,24,26)(H,25,27). The molecule has 2 amide bonds. The third-order valence-electron chi connectivity index (χ3n) is 4.01. The highest BCUT2D eigenvalue weighted by molar-refractivity contribution is 7.13. The van der Waals surface area contributed by atoms with Crippen molar-refractivity contribution in [3.63, 3.8) is 0 Å². The number of thiazole rings is 1. The molecule has 29 heavy (non-hydrogen) atoms. The summed E-state index contributed by atoms with van der Waals surface area (Å²) in [5.41, 5.74) is 7.00. The average Bonchev–Trinajstić information content (AvgIpc) is 3.19. The van der Waals surface area contributed by atoms with Gasteiger partial charge in [-0.15, -0.1) is 11.3 Å². The van der Waals surface area contributed by atoms with E-state index in [-0.39, 0.29) is 18.8 Å². The molecule has 6 nitrogen and oxygen atoms in total. The summed E-state index contributed by atoms with van der Waals surface area (Å²) >= 11 is 1.32. The molecule has 0 atom stereocenters. The topological polar surface area (TPSA) is 80.3 Å². The molecule has 2 N–H and O–H groups in total. The van der Waals surface area contributed by atoms with Crippen LogP contribution in [0.2, 0.25) is 0 Å². The van der Waals surface area contributed by atoms with Crippen LogP contribution in [0.3, 0.4) is 0 Å². The van der Waals surface area contributed by atoms with Crippen molar-refractivity contribution in [2.24, 2.45) is 0 Å². The van der Waals surface area contributed by atoms with E-state index in [4.69, 9.17) is 4.74 Å². The molecule has 0 spiro atoms. The smallest absolute Gasteiger partial charge is 0.276 e. The summed E-state index contributed by atoms with van der Waals surface area (Å²) in [5, 5.41) is 2.35. The summed E-state index contributed by atoms with van der Waals surface area (Å²) in [5.74, 6) is -0.655. The molecule has 3 aromatic rings. The molecule has 1 aromatic heterocycles. The number of aryl methyl sites for hydroxylation is 1. The highest BCUT2D eigenvalue weighted by Gasteiger charge is 2.11. The van der Waals surface area contributed by atoms with Crippen LogP contribution in [0.4, 0.5) is 4.39 Å². The van der Waals surface area contributed by atoms with E-state index in [9.17, 15) is 14.0 Å². The first-order valence-corrected chi connectivity index (χ1v) is 9.91. The number of ether oxygens (including phenoxy) is 1. The van der Waals surface area contributed by atoms with Crippen molar-refractivity contribution in [1.29, 1.82) is 0 Å². The summed E-state index contributed by atoms with van der Waals surface area (Å²) in [6, 6.07) is 13.6. The number of carbonyl (C=O) groups is 2. The highest BCUT2D eigenvalue weighted by atomic mass is 32.1. The molecule has 2 aromatic carbocycles. The Labute approximate surface area is 171 Å². The van der Waals surface area contributed by atoms with E-state index in [1.165, 1.54) is 29.0 Å². The summed E-state index contributed by atoms with van der Waals surface area (Å²) in [7, 11) is 0. The van der Waals surface area contributed by atoms with Crippen molar-refractivity contribution in [2.75, 3.05) is 6.61 Å². The van der Waals surface area contributed by atoms with E-state index in [1.807, 2.05) is 12.1 Å². The molecule has 1 heterocycles. The fraction of sp³-hybridized carbons (Fsp3) is 0.190. The predicted molar refractivity (Wildman–Crippen MR) is 109 cm³/mol. The Morgan fingerprint density at radius 3 is 2.59 bits per heavy atom. The number of nitrogens with zero attached hydrogens (tertiary/aromatic N) is 1. The maximum absolute atomic E-state index is 13.3. The van der Waals surface area contributed by atoms with E-state index in [0.717, 1.165) is 6.42 Å². The van der Waals surface area contributed by atoms with Crippen molar-refractivity contribution < 1.29 is 18.7 Å². The van der Waals surface area contributed by atoms with Crippen LogP contribution >= 0.6 is 11.3 Å². The van der Waals surface area contributed by atoms with Crippen LogP contribution < -0.4 is 15.6 Å². The number of hydrazine groups is 1. The quantitative estimate of drug-likeness (QED) is 0.583. The van der Waals surface area contributed by atoms with Crippen molar-refractivity contribution >= 4 is 23.2 Å². The van der Waals surface area contributed by atoms with Gasteiger partial charge in [-0.25, -0.2) is 9.37 Å². The number of nitrogens with one attached hydrogen (secondary N) is 2. The van der Waals surface area contributed by atoms with Gasteiger partial charge in [-0.1, -0.05) is 31.2 Å². The summed E-state index contributed by atoms with van der Waals surface area (Å²) < 4.78 is 18.7. The van der Waals surface area contributed by atoms with Gasteiger partial charge >= 0.3 is 0 Å². The van der Waals surface area contributed by atoms with Gasteiger partial charge in [0.2, 0.25) is 5.91 Å². The van der Waals surface area contributed by atoms with E-state index in [1.54, 1.807) is 29.6 Å². The second kappa shape index (κ2) is 9.79. The summed E-state index contributed by atoms with van der Waals surface area (Å²) in [6.07, 6.45) is 0.918. The number of halogens is 1. The maximum atomic E-state index is 13.3. The normalized spacial score (nSPS) is 10.4. The molecule has 0 bridgehead atoms. The predicted octanol–water partition coefficient (Wildman–Crippen LogP) is 3.28. The van der Waals surface area contributed by atoms with Gasteiger partial charge in [0.1, 0.15) is 16.6 Å². The van der Waals surface area contributed by atoms with Gasteiger partial charge in [-0.2, -0.15) is 0 Å². The lowest BCUT2D eigenvalue weighted by atomic mass is 10.2. The zero-order valence-electron chi connectivity index (χ0n) is 15.8. The molecule has 0 saturated carbocycles. The zero-order chi connectivity index (χ0) is 20.6. The van der Waals surface area contributed by atoms with Gasteiger partial charge in [0.25, 0.3) is 5.91 Å². The number of aromatic nitrogens is 1. The lowest BCUT2D eigenvalue weighted by Crippen LogP contribution is -2.44.